The van der Waals surface area contributed by atoms with Gasteiger partial charge < -0.3 is 10.2 Å². The van der Waals surface area contributed by atoms with Gasteiger partial charge in [-0.2, -0.15) is 0 Å². The van der Waals surface area contributed by atoms with Crippen LogP contribution in [-0.4, -0.2) is 19.0 Å². The standard InChI is InChI=1S/C17H24N2O/c20-17(14-8-7-9-14)18-15-10-3-4-11-16(15)19-12-5-1-2-6-13-19/h3-4,10-11,14H,1-2,5-9,12-13H2,(H,18,20). The molecule has 0 unspecified atom stereocenters. The molecule has 1 aliphatic carbocycles. The van der Waals surface area contributed by atoms with Crippen LogP contribution in [0.4, 0.5) is 11.4 Å². The number of carbonyl (C=O) groups is 1. The molecule has 108 valence electrons. The van der Waals surface area contributed by atoms with E-state index in [0.29, 0.717) is 0 Å². The molecule has 3 heteroatoms. The Morgan fingerprint density at radius 1 is 1.00 bits per heavy atom. The van der Waals surface area contributed by atoms with Gasteiger partial charge in [0.05, 0.1) is 11.4 Å². The number of nitrogens with one attached hydrogen (secondary N) is 1. The Hall–Kier alpha value is -1.51. The number of hydrogen-bond donors (Lipinski definition) is 1. The Morgan fingerprint density at radius 2 is 1.70 bits per heavy atom. The van der Waals surface area contributed by atoms with Crippen LogP contribution >= 0.6 is 0 Å². The molecule has 2 fully saturated rings. The van der Waals surface area contributed by atoms with Gasteiger partial charge in [-0.15, -0.1) is 0 Å². The van der Waals surface area contributed by atoms with Gasteiger partial charge in [-0.05, 0) is 37.8 Å². The zero-order valence-corrected chi connectivity index (χ0v) is 12.1. The highest BCUT2D eigenvalue weighted by Crippen LogP contribution is 2.31. The summed E-state index contributed by atoms with van der Waals surface area (Å²) in [4.78, 5) is 14.6. The van der Waals surface area contributed by atoms with Gasteiger partial charge in [0.2, 0.25) is 5.91 Å². The molecule has 3 rings (SSSR count). The first-order valence-corrected chi connectivity index (χ1v) is 7.99. The zero-order chi connectivity index (χ0) is 13.8. The van der Waals surface area contributed by atoms with Gasteiger partial charge in [-0.1, -0.05) is 31.4 Å². The van der Waals surface area contributed by atoms with Crippen LogP contribution in [0.5, 0.6) is 0 Å². The van der Waals surface area contributed by atoms with Crippen molar-refractivity contribution in [3.05, 3.63) is 24.3 Å². The lowest BCUT2D eigenvalue weighted by Crippen LogP contribution is -2.30. The van der Waals surface area contributed by atoms with E-state index in [-0.39, 0.29) is 11.8 Å². The van der Waals surface area contributed by atoms with E-state index in [2.05, 4.69) is 22.3 Å². The zero-order valence-electron chi connectivity index (χ0n) is 12.1. The van der Waals surface area contributed by atoms with E-state index in [1.54, 1.807) is 0 Å². The Labute approximate surface area is 121 Å². The van der Waals surface area contributed by atoms with Crippen LogP contribution in [0.25, 0.3) is 0 Å². The van der Waals surface area contributed by atoms with E-state index in [4.69, 9.17) is 0 Å². The van der Waals surface area contributed by atoms with E-state index >= 15 is 0 Å². The van der Waals surface area contributed by atoms with Crippen molar-refractivity contribution in [3.8, 4) is 0 Å². The molecule has 1 aromatic rings. The largest absolute Gasteiger partial charge is 0.370 e. The number of anilines is 2. The number of nitrogens with zero attached hydrogens (tertiary/aromatic N) is 1. The van der Waals surface area contributed by atoms with Gasteiger partial charge in [-0.3, -0.25) is 4.79 Å². The minimum atomic E-state index is 0.207. The first-order valence-electron chi connectivity index (χ1n) is 7.99. The maximum absolute atomic E-state index is 12.2. The highest BCUT2D eigenvalue weighted by Gasteiger charge is 2.26. The van der Waals surface area contributed by atoms with Gasteiger partial charge in [0.1, 0.15) is 0 Å². The third-order valence-electron chi connectivity index (χ3n) is 4.58. The first-order chi connectivity index (χ1) is 9.84. The molecule has 1 aliphatic heterocycles. The van der Waals surface area contributed by atoms with Crippen molar-refractivity contribution in [2.24, 2.45) is 5.92 Å². The molecule has 1 N–H and O–H groups in total. The van der Waals surface area contributed by atoms with Gasteiger partial charge in [0.25, 0.3) is 0 Å². The molecule has 3 nitrogen and oxygen atoms in total. The summed E-state index contributed by atoms with van der Waals surface area (Å²) in [5, 5.41) is 3.15. The fraction of sp³-hybridized carbons (Fsp3) is 0.588. The molecule has 0 bridgehead atoms. The quantitative estimate of drug-likeness (QED) is 0.907. The second-order valence-electron chi connectivity index (χ2n) is 6.04. The molecule has 1 saturated carbocycles. The molecule has 1 heterocycles. The lowest BCUT2D eigenvalue weighted by atomic mass is 9.85. The molecule has 20 heavy (non-hydrogen) atoms. The smallest absolute Gasteiger partial charge is 0.227 e. The predicted octanol–water partition coefficient (Wildman–Crippen LogP) is 3.81. The molecular weight excluding hydrogens is 248 g/mol. The number of rotatable bonds is 3. The van der Waals surface area contributed by atoms with Crippen LogP contribution in [0.3, 0.4) is 0 Å². The monoisotopic (exact) mass is 272 g/mol. The normalized spacial score (nSPS) is 20.1. The van der Waals surface area contributed by atoms with Crippen LogP contribution in [0.1, 0.15) is 44.9 Å². The molecule has 0 aromatic heterocycles. The summed E-state index contributed by atoms with van der Waals surface area (Å²) in [6, 6.07) is 8.26. The van der Waals surface area contributed by atoms with Crippen molar-refractivity contribution in [1.29, 1.82) is 0 Å². The second kappa shape index (κ2) is 6.29. The van der Waals surface area contributed by atoms with Crippen molar-refractivity contribution in [2.75, 3.05) is 23.3 Å². The third kappa shape index (κ3) is 2.97. The average Bonchev–Trinajstić information content (AvgIpc) is 2.66. The van der Waals surface area contributed by atoms with Gasteiger partial charge in [0.15, 0.2) is 0 Å². The summed E-state index contributed by atoms with van der Waals surface area (Å²) in [7, 11) is 0. The SMILES string of the molecule is O=C(Nc1ccccc1N1CCCCCC1)C1CCC1. The van der Waals surface area contributed by atoms with E-state index < -0.39 is 0 Å². The van der Waals surface area contributed by atoms with Crippen molar-refractivity contribution in [2.45, 2.75) is 44.9 Å². The van der Waals surface area contributed by atoms with Crippen LogP contribution in [-0.2, 0) is 4.79 Å². The summed E-state index contributed by atoms with van der Waals surface area (Å²) in [6.07, 6.45) is 8.47. The van der Waals surface area contributed by atoms with E-state index in [1.807, 2.05) is 12.1 Å². The maximum atomic E-state index is 12.2. The second-order valence-corrected chi connectivity index (χ2v) is 6.04. The Balaban J connectivity index is 1.74. The maximum Gasteiger partial charge on any atom is 0.227 e. The molecule has 1 aromatic carbocycles. The lowest BCUT2D eigenvalue weighted by molar-refractivity contribution is -0.122. The summed E-state index contributed by atoms with van der Waals surface area (Å²) in [5.41, 5.74) is 2.19. The summed E-state index contributed by atoms with van der Waals surface area (Å²) in [6.45, 7) is 2.21. The van der Waals surface area contributed by atoms with Crippen molar-refractivity contribution in [3.63, 3.8) is 0 Å². The fourth-order valence-electron chi connectivity index (χ4n) is 3.07. The van der Waals surface area contributed by atoms with Gasteiger partial charge in [-0.25, -0.2) is 0 Å². The highest BCUT2D eigenvalue weighted by molar-refractivity contribution is 5.96. The third-order valence-corrected chi connectivity index (χ3v) is 4.58. The molecule has 0 atom stereocenters. The average molecular weight is 272 g/mol. The van der Waals surface area contributed by atoms with Crippen molar-refractivity contribution >= 4 is 17.3 Å². The topological polar surface area (TPSA) is 32.3 Å². The van der Waals surface area contributed by atoms with Crippen LogP contribution in [0, 0.1) is 5.92 Å². The predicted molar refractivity (Wildman–Crippen MR) is 83.1 cm³/mol. The van der Waals surface area contributed by atoms with Crippen molar-refractivity contribution in [1.82, 2.24) is 0 Å². The Morgan fingerprint density at radius 3 is 2.35 bits per heavy atom. The minimum Gasteiger partial charge on any atom is -0.370 e. The molecule has 0 spiro atoms. The van der Waals surface area contributed by atoms with E-state index in [9.17, 15) is 4.79 Å². The molecule has 2 aliphatic rings. The first kappa shape index (κ1) is 13.5. The fourth-order valence-corrected chi connectivity index (χ4v) is 3.07. The summed E-state index contributed by atoms with van der Waals surface area (Å²) < 4.78 is 0. The number of hydrogen-bond acceptors (Lipinski definition) is 2. The van der Waals surface area contributed by atoms with Crippen LogP contribution in [0.2, 0.25) is 0 Å². The molecular formula is C17H24N2O. The highest BCUT2D eigenvalue weighted by atomic mass is 16.1. The summed E-state index contributed by atoms with van der Waals surface area (Å²) >= 11 is 0. The van der Waals surface area contributed by atoms with E-state index in [0.717, 1.165) is 31.6 Å². The van der Waals surface area contributed by atoms with Crippen molar-refractivity contribution < 1.29 is 4.79 Å². The number of carbonyl (C=O) groups excluding carboxylic acids is 1. The van der Waals surface area contributed by atoms with Gasteiger partial charge >= 0.3 is 0 Å². The van der Waals surface area contributed by atoms with Crippen LogP contribution < -0.4 is 10.2 Å². The van der Waals surface area contributed by atoms with Gasteiger partial charge in [0, 0.05) is 19.0 Å². The molecule has 1 amide bonds. The molecule has 0 radical (unpaired) electrons. The minimum absolute atomic E-state index is 0.207. The lowest BCUT2D eigenvalue weighted by Gasteiger charge is -2.28. The van der Waals surface area contributed by atoms with E-state index in [1.165, 1.54) is 37.8 Å². The number of para-hydroxylation sites is 2. The molecule has 1 saturated heterocycles. The number of amides is 1. The number of benzene rings is 1. The summed E-state index contributed by atoms with van der Waals surface area (Å²) in [5.74, 6) is 0.450. The van der Waals surface area contributed by atoms with Crippen LogP contribution in [0.15, 0.2) is 24.3 Å². The Bertz CT molecular complexity index is 460. The Kier molecular flexibility index (Phi) is 4.24.